The van der Waals surface area contributed by atoms with Gasteiger partial charge in [0.25, 0.3) is 0 Å². The Bertz CT molecular complexity index is 628. The molecule has 0 aliphatic carbocycles. The van der Waals surface area contributed by atoms with E-state index in [0.717, 1.165) is 25.2 Å². The number of imidazole rings is 1. The first-order valence-electron chi connectivity index (χ1n) is 7.72. The van der Waals surface area contributed by atoms with Crippen molar-refractivity contribution in [3.63, 3.8) is 0 Å². The number of aliphatic hydroxyl groups excluding tert-OH is 1. The first-order valence-corrected chi connectivity index (χ1v) is 7.72. The van der Waals surface area contributed by atoms with Crippen LogP contribution in [0.4, 0.5) is 4.39 Å². The Balaban J connectivity index is 1.57. The molecular weight excluding hydrogens is 281 g/mol. The minimum atomic E-state index is -0.419. The predicted molar refractivity (Wildman–Crippen MR) is 82.7 cm³/mol. The van der Waals surface area contributed by atoms with E-state index >= 15 is 0 Å². The minimum absolute atomic E-state index is 0.122. The molecule has 0 spiro atoms. The van der Waals surface area contributed by atoms with E-state index in [4.69, 9.17) is 0 Å². The molecule has 0 unspecified atom stereocenters. The van der Waals surface area contributed by atoms with Gasteiger partial charge in [-0.05, 0) is 36.9 Å². The molecule has 118 valence electrons. The molecule has 4 nitrogen and oxygen atoms in total. The summed E-state index contributed by atoms with van der Waals surface area (Å²) in [5, 5.41) is 10.4. The van der Waals surface area contributed by atoms with Crippen molar-refractivity contribution in [1.82, 2.24) is 14.5 Å². The Morgan fingerprint density at radius 3 is 2.86 bits per heavy atom. The number of hydrogen-bond acceptors (Lipinski definition) is 3. The van der Waals surface area contributed by atoms with Crippen LogP contribution in [0.15, 0.2) is 36.8 Å². The second kappa shape index (κ2) is 6.58. The quantitative estimate of drug-likeness (QED) is 0.939. The van der Waals surface area contributed by atoms with Crippen LogP contribution < -0.4 is 0 Å². The zero-order valence-corrected chi connectivity index (χ0v) is 12.8. The Morgan fingerprint density at radius 1 is 1.36 bits per heavy atom. The van der Waals surface area contributed by atoms with Gasteiger partial charge in [-0.25, -0.2) is 9.37 Å². The predicted octanol–water partition coefficient (Wildman–Crippen LogP) is 1.98. The molecule has 0 radical (unpaired) electrons. The van der Waals surface area contributed by atoms with Crippen LogP contribution in [0.5, 0.6) is 0 Å². The molecule has 0 amide bonds. The van der Waals surface area contributed by atoms with Crippen LogP contribution in [-0.4, -0.2) is 38.8 Å². The molecule has 1 N–H and O–H groups in total. The van der Waals surface area contributed by atoms with Crippen LogP contribution in [0.25, 0.3) is 0 Å². The number of aromatic nitrogens is 2. The average molecular weight is 303 g/mol. The molecule has 1 aliphatic rings. The molecule has 22 heavy (non-hydrogen) atoms. The highest BCUT2D eigenvalue weighted by molar-refractivity contribution is 5.18. The molecular formula is C17H22FN3O. The molecule has 1 saturated heterocycles. The number of hydrogen-bond donors (Lipinski definition) is 1. The molecule has 1 aromatic carbocycles. The topological polar surface area (TPSA) is 41.3 Å². The highest BCUT2D eigenvalue weighted by Gasteiger charge is 2.28. The van der Waals surface area contributed by atoms with Gasteiger partial charge in [0.05, 0.1) is 18.1 Å². The van der Waals surface area contributed by atoms with Crippen molar-refractivity contribution < 1.29 is 9.50 Å². The summed E-state index contributed by atoms with van der Waals surface area (Å²) >= 11 is 0. The van der Waals surface area contributed by atoms with Crippen molar-refractivity contribution in [1.29, 1.82) is 0 Å². The summed E-state index contributed by atoms with van der Waals surface area (Å²) in [7, 11) is 1.95. The monoisotopic (exact) mass is 303 g/mol. The van der Waals surface area contributed by atoms with E-state index in [2.05, 4.69) is 9.88 Å². The normalized spacial score (nSPS) is 22.9. The molecule has 2 heterocycles. The molecule has 0 saturated carbocycles. The average Bonchev–Trinajstić information content (AvgIpc) is 2.89. The highest BCUT2D eigenvalue weighted by atomic mass is 19.1. The third kappa shape index (κ3) is 3.54. The van der Waals surface area contributed by atoms with Crippen molar-refractivity contribution in [2.24, 2.45) is 13.0 Å². The van der Waals surface area contributed by atoms with E-state index in [1.54, 1.807) is 12.4 Å². The zero-order valence-electron chi connectivity index (χ0n) is 12.8. The SMILES string of the molecule is Cn1cnc(CN2CC[C@H](Cc3ccccc3F)[C@@H](O)C2)c1. The first-order chi connectivity index (χ1) is 10.6. The Labute approximate surface area is 130 Å². The number of aliphatic hydroxyl groups is 1. The van der Waals surface area contributed by atoms with Gasteiger partial charge in [-0.3, -0.25) is 4.90 Å². The number of rotatable bonds is 4. The number of likely N-dealkylation sites (tertiary alicyclic amines) is 1. The van der Waals surface area contributed by atoms with Gasteiger partial charge in [-0.15, -0.1) is 0 Å². The van der Waals surface area contributed by atoms with Gasteiger partial charge in [-0.2, -0.15) is 0 Å². The summed E-state index contributed by atoms with van der Waals surface area (Å²) < 4.78 is 15.7. The number of benzene rings is 1. The lowest BCUT2D eigenvalue weighted by Crippen LogP contribution is -2.44. The maximum atomic E-state index is 13.7. The fourth-order valence-corrected chi connectivity index (χ4v) is 3.15. The van der Waals surface area contributed by atoms with Crippen molar-refractivity contribution >= 4 is 0 Å². The van der Waals surface area contributed by atoms with Gasteiger partial charge in [-0.1, -0.05) is 18.2 Å². The molecule has 1 fully saturated rings. The number of aryl methyl sites for hydroxylation is 1. The van der Waals surface area contributed by atoms with E-state index in [-0.39, 0.29) is 11.7 Å². The Hall–Kier alpha value is -1.72. The minimum Gasteiger partial charge on any atom is -0.391 e. The maximum absolute atomic E-state index is 13.7. The van der Waals surface area contributed by atoms with Crippen molar-refractivity contribution in [2.75, 3.05) is 13.1 Å². The third-order valence-corrected chi connectivity index (χ3v) is 4.39. The lowest BCUT2D eigenvalue weighted by atomic mass is 9.87. The van der Waals surface area contributed by atoms with Gasteiger partial charge in [0.1, 0.15) is 5.82 Å². The second-order valence-electron chi connectivity index (χ2n) is 6.18. The second-order valence-corrected chi connectivity index (χ2v) is 6.18. The van der Waals surface area contributed by atoms with Crippen molar-refractivity contribution in [3.8, 4) is 0 Å². The number of halogens is 1. The Kier molecular flexibility index (Phi) is 4.55. The number of piperidine rings is 1. The van der Waals surface area contributed by atoms with E-state index in [1.165, 1.54) is 6.07 Å². The van der Waals surface area contributed by atoms with Crippen LogP contribution in [0.2, 0.25) is 0 Å². The van der Waals surface area contributed by atoms with Gasteiger partial charge < -0.3 is 9.67 Å². The van der Waals surface area contributed by atoms with Crippen LogP contribution in [0.3, 0.4) is 0 Å². The lowest BCUT2D eigenvalue weighted by molar-refractivity contribution is 0.0181. The van der Waals surface area contributed by atoms with Gasteiger partial charge in [0.2, 0.25) is 0 Å². The number of β-amino-alcohol motifs (C(OH)–C–C–N with tert-alkyl or cyclic N) is 1. The van der Waals surface area contributed by atoms with E-state index < -0.39 is 6.10 Å². The first kappa shape index (κ1) is 15.2. The molecule has 1 aliphatic heterocycles. The summed E-state index contributed by atoms with van der Waals surface area (Å²) in [6.07, 6.45) is 4.85. The lowest BCUT2D eigenvalue weighted by Gasteiger charge is -2.35. The molecule has 3 rings (SSSR count). The van der Waals surface area contributed by atoms with Crippen molar-refractivity contribution in [3.05, 3.63) is 53.9 Å². The molecule has 1 aromatic heterocycles. The van der Waals surface area contributed by atoms with Crippen LogP contribution in [0.1, 0.15) is 17.7 Å². The van der Waals surface area contributed by atoms with Crippen molar-refractivity contribution in [2.45, 2.75) is 25.5 Å². The summed E-state index contributed by atoms with van der Waals surface area (Å²) in [6.45, 7) is 2.28. The van der Waals surface area contributed by atoms with Gasteiger partial charge in [0, 0.05) is 26.3 Å². The van der Waals surface area contributed by atoms with Gasteiger partial charge >= 0.3 is 0 Å². The molecule has 5 heteroatoms. The summed E-state index contributed by atoms with van der Waals surface area (Å²) in [5.74, 6) is -0.0532. The Morgan fingerprint density at radius 2 is 2.18 bits per heavy atom. The fraction of sp³-hybridized carbons (Fsp3) is 0.471. The van der Waals surface area contributed by atoms with E-state index in [0.29, 0.717) is 18.5 Å². The molecule has 2 aromatic rings. The highest BCUT2D eigenvalue weighted by Crippen LogP contribution is 2.24. The zero-order chi connectivity index (χ0) is 15.5. The smallest absolute Gasteiger partial charge is 0.126 e. The van der Waals surface area contributed by atoms with Crippen LogP contribution >= 0.6 is 0 Å². The maximum Gasteiger partial charge on any atom is 0.126 e. The van der Waals surface area contributed by atoms with Crippen LogP contribution in [0, 0.1) is 11.7 Å². The summed E-state index contributed by atoms with van der Waals surface area (Å²) in [6, 6.07) is 6.84. The van der Waals surface area contributed by atoms with Gasteiger partial charge in [0.15, 0.2) is 0 Å². The summed E-state index contributed by atoms with van der Waals surface area (Å²) in [5.41, 5.74) is 1.71. The fourth-order valence-electron chi connectivity index (χ4n) is 3.15. The molecule has 0 bridgehead atoms. The molecule has 2 atom stereocenters. The van der Waals surface area contributed by atoms with E-state index in [9.17, 15) is 9.50 Å². The largest absolute Gasteiger partial charge is 0.391 e. The van der Waals surface area contributed by atoms with Crippen LogP contribution in [-0.2, 0) is 20.0 Å². The third-order valence-electron chi connectivity index (χ3n) is 4.39. The summed E-state index contributed by atoms with van der Waals surface area (Å²) in [4.78, 5) is 6.54. The number of nitrogens with zero attached hydrogens (tertiary/aromatic N) is 3. The van der Waals surface area contributed by atoms with E-state index in [1.807, 2.05) is 29.9 Å². The standard InChI is InChI=1S/C17H22FN3O/c1-20-9-15(19-12-20)10-21-7-6-14(17(22)11-21)8-13-4-2-3-5-16(13)18/h2-5,9,12,14,17,22H,6-8,10-11H2,1H3/t14-,17+/m1/s1.